The molecule has 0 aliphatic heterocycles. The van der Waals surface area contributed by atoms with Crippen LogP contribution < -0.4 is 5.32 Å². The molecule has 4 nitrogen and oxygen atoms in total. The van der Waals surface area contributed by atoms with Gasteiger partial charge >= 0.3 is 12.1 Å². The molecule has 0 aromatic heterocycles. The molecule has 0 bridgehead atoms. The molecule has 0 amide bonds. The Labute approximate surface area is 108 Å². The molecule has 7 heteroatoms. The maximum absolute atomic E-state index is 12.5. The predicted molar refractivity (Wildman–Crippen MR) is 58.9 cm³/mol. The van der Waals surface area contributed by atoms with Gasteiger partial charge in [-0.05, 0) is 18.8 Å². The number of rotatable bonds is 4. The Morgan fingerprint density at radius 3 is 2.53 bits per heavy atom. The molecular formula is C12H14F3NO3. The summed E-state index contributed by atoms with van der Waals surface area (Å²) in [6.45, 7) is -0.219. The van der Waals surface area contributed by atoms with E-state index in [-0.39, 0.29) is 29.7 Å². The fourth-order valence-electron chi connectivity index (χ4n) is 2.86. The summed E-state index contributed by atoms with van der Waals surface area (Å²) in [4.78, 5) is 22.4. The Morgan fingerprint density at radius 1 is 1.32 bits per heavy atom. The van der Waals surface area contributed by atoms with Crippen LogP contribution in [0.3, 0.4) is 0 Å². The molecule has 2 rings (SSSR count). The fourth-order valence-corrected chi connectivity index (χ4v) is 2.86. The average molecular weight is 277 g/mol. The van der Waals surface area contributed by atoms with Crippen LogP contribution in [0.2, 0.25) is 0 Å². The largest absolute Gasteiger partial charge is 0.468 e. The van der Waals surface area contributed by atoms with Crippen molar-refractivity contribution in [3.8, 4) is 0 Å². The molecule has 1 fully saturated rings. The van der Waals surface area contributed by atoms with Crippen molar-refractivity contribution in [3.05, 3.63) is 11.3 Å². The van der Waals surface area contributed by atoms with Gasteiger partial charge in [0.15, 0.2) is 0 Å². The number of esters is 1. The number of allylic oxidation sites excluding steroid dienone is 2. The molecule has 2 atom stereocenters. The highest BCUT2D eigenvalue weighted by Crippen LogP contribution is 2.51. The molecule has 0 heterocycles. The van der Waals surface area contributed by atoms with E-state index in [2.05, 4.69) is 10.1 Å². The predicted octanol–water partition coefficient (Wildman–Crippen LogP) is 1.56. The maximum Gasteiger partial charge on any atom is 0.454 e. The summed E-state index contributed by atoms with van der Waals surface area (Å²) in [6.07, 6.45) is -2.71. The number of hydrogen-bond donors (Lipinski definition) is 1. The van der Waals surface area contributed by atoms with E-state index < -0.39 is 17.9 Å². The van der Waals surface area contributed by atoms with Gasteiger partial charge in [-0.2, -0.15) is 13.2 Å². The summed E-state index contributed by atoms with van der Waals surface area (Å²) in [5.41, 5.74) is 0.0779. The highest BCUT2D eigenvalue weighted by atomic mass is 19.4. The first-order valence-electron chi connectivity index (χ1n) is 6.02. The lowest BCUT2D eigenvalue weighted by atomic mass is 9.71. The van der Waals surface area contributed by atoms with Crippen LogP contribution in [-0.2, 0) is 14.3 Å². The number of carbonyl (C=O) groups excluding carboxylic acids is 2. The first-order chi connectivity index (χ1) is 8.86. The molecule has 0 radical (unpaired) electrons. The second-order valence-corrected chi connectivity index (χ2v) is 4.73. The molecule has 2 aliphatic carbocycles. The molecule has 19 heavy (non-hydrogen) atoms. The third-order valence-corrected chi connectivity index (χ3v) is 3.70. The number of methoxy groups -OCH3 is 1. The van der Waals surface area contributed by atoms with Gasteiger partial charge in [0.05, 0.1) is 7.11 Å². The monoisotopic (exact) mass is 277 g/mol. The number of Topliss-reactive ketones (excluding diaryl/α,β-unsaturated/α-hetero) is 1. The number of hydrogen-bond acceptors (Lipinski definition) is 4. The number of carbonyl (C=O) groups is 2. The Bertz CT molecular complexity index is 442. The summed E-state index contributed by atoms with van der Waals surface area (Å²) in [5, 5.41) is 2.63. The van der Waals surface area contributed by atoms with Gasteiger partial charge < -0.3 is 10.1 Å². The van der Waals surface area contributed by atoms with Crippen LogP contribution in [0.25, 0.3) is 0 Å². The minimum Gasteiger partial charge on any atom is -0.468 e. The number of ketones is 1. The second-order valence-electron chi connectivity index (χ2n) is 4.73. The number of ether oxygens (including phenoxy) is 1. The number of halogens is 3. The van der Waals surface area contributed by atoms with Gasteiger partial charge in [-0.25, -0.2) is 0 Å². The van der Waals surface area contributed by atoms with Crippen molar-refractivity contribution in [3.63, 3.8) is 0 Å². The van der Waals surface area contributed by atoms with Crippen molar-refractivity contribution in [1.29, 1.82) is 0 Å². The van der Waals surface area contributed by atoms with E-state index in [0.29, 0.717) is 6.42 Å². The van der Waals surface area contributed by atoms with Gasteiger partial charge in [0.1, 0.15) is 6.54 Å². The molecule has 2 unspecified atom stereocenters. The minimum absolute atomic E-state index is 0.0500. The number of fused-ring (bicyclic) bond motifs is 1. The third kappa shape index (κ3) is 2.46. The van der Waals surface area contributed by atoms with Crippen LogP contribution in [0.4, 0.5) is 13.2 Å². The zero-order chi connectivity index (χ0) is 14.2. The SMILES string of the molecule is COC(=O)CNC1=C(C(=O)C(F)(F)F)C2CCCC12. The van der Waals surface area contributed by atoms with E-state index in [1.807, 2.05) is 0 Å². The minimum atomic E-state index is -4.86. The van der Waals surface area contributed by atoms with Crippen LogP contribution in [0, 0.1) is 11.8 Å². The molecule has 0 aromatic carbocycles. The fraction of sp³-hybridized carbons (Fsp3) is 0.667. The van der Waals surface area contributed by atoms with E-state index in [1.54, 1.807) is 0 Å². The third-order valence-electron chi connectivity index (χ3n) is 3.70. The summed E-state index contributed by atoms with van der Waals surface area (Å²) >= 11 is 0. The van der Waals surface area contributed by atoms with E-state index >= 15 is 0 Å². The molecule has 106 valence electrons. The van der Waals surface area contributed by atoms with E-state index in [0.717, 1.165) is 12.8 Å². The van der Waals surface area contributed by atoms with Gasteiger partial charge in [-0.1, -0.05) is 6.42 Å². The molecule has 0 saturated heterocycles. The van der Waals surface area contributed by atoms with Crippen molar-refractivity contribution in [1.82, 2.24) is 5.32 Å². The van der Waals surface area contributed by atoms with Gasteiger partial charge in [0.25, 0.3) is 5.78 Å². The smallest absolute Gasteiger partial charge is 0.454 e. The summed E-state index contributed by atoms with van der Waals surface area (Å²) in [6, 6.07) is 0. The van der Waals surface area contributed by atoms with Crippen LogP contribution >= 0.6 is 0 Å². The summed E-state index contributed by atoms with van der Waals surface area (Å²) < 4.78 is 42.0. The highest BCUT2D eigenvalue weighted by molar-refractivity contribution is 6.02. The molecule has 1 N–H and O–H groups in total. The molecule has 1 saturated carbocycles. The average Bonchev–Trinajstić information content (AvgIpc) is 2.72. The highest BCUT2D eigenvalue weighted by Gasteiger charge is 2.53. The quantitative estimate of drug-likeness (QED) is 0.792. The zero-order valence-electron chi connectivity index (χ0n) is 10.3. The van der Waals surface area contributed by atoms with Crippen molar-refractivity contribution in [2.45, 2.75) is 25.4 Å². The topological polar surface area (TPSA) is 55.4 Å². The Kier molecular flexibility index (Phi) is 3.56. The van der Waals surface area contributed by atoms with E-state index in [1.165, 1.54) is 7.11 Å². The van der Waals surface area contributed by atoms with Gasteiger partial charge in [-0.3, -0.25) is 9.59 Å². The number of nitrogens with one attached hydrogen (secondary N) is 1. The van der Waals surface area contributed by atoms with Gasteiger partial charge in [0, 0.05) is 17.2 Å². The number of alkyl halides is 3. The van der Waals surface area contributed by atoms with Crippen LogP contribution in [0.5, 0.6) is 0 Å². The summed E-state index contributed by atoms with van der Waals surface area (Å²) in [7, 11) is 1.19. The normalized spacial score (nSPS) is 25.7. The lowest BCUT2D eigenvalue weighted by molar-refractivity contribution is -0.168. The van der Waals surface area contributed by atoms with Gasteiger partial charge in [0.2, 0.25) is 0 Å². The Morgan fingerprint density at radius 2 is 1.95 bits per heavy atom. The molecule has 0 aromatic rings. The van der Waals surface area contributed by atoms with Gasteiger partial charge in [-0.15, -0.1) is 0 Å². The van der Waals surface area contributed by atoms with Crippen molar-refractivity contribution in [2.24, 2.45) is 11.8 Å². The first kappa shape index (κ1) is 13.9. The zero-order valence-corrected chi connectivity index (χ0v) is 10.3. The van der Waals surface area contributed by atoms with E-state index in [4.69, 9.17) is 0 Å². The van der Waals surface area contributed by atoms with Crippen LogP contribution in [0.1, 0.15) is 19.3 Å². The van der Waals surface area contributed by atoms with Crippen LogP contribution in [0.15, 0.2) is 11.3 Å². The van der Waals surface area contributed by atoms with Crippen LogP contribution in [-0.4, -0.2) is 31.6 Å². The first-order valence-corrected chi connectivity index (χ1v) is 6.02. The molecule has 0 spiro atoms. The Balaban J connectivity index is 2.17. The second kappa shape index (κ2) is 4.86. The van der Waals surface area contributed by atoms with Crippen molar-refractivity contribution < 1.29 is 27.5 Å². The maximum atomic E-state index is 12.5. The lowest BCUT2D eigenvalue weighted by Crippen LogP contribution is -2.43. The van der Waals surface area contributed by atoms with E-state index in [9.17, 15) is 22.8 Å². The standard InChI is InChI=1S/C12H14F3NO3/c1-19-8(17)5-16-10-7-4-2-3-6(7)9(10)11(18)12(13,14)15/h6-7,16H,2-5H2,1H3. The lowest BCUT2D eigenvalue weighted by Gasteiger charge is -2.37. The van der Waals surface area contributed by atoms with Crippen molar-refractivity contribution >= 4 is 11.8 Å². The summed E-state index contributed by atoms with van der Waals surface area (Å²) in [5.74, 6) is -2.73. The molecular weight excluding hydrogens is 263 g/mol. The Hall–Kier alpha value is -1.53. The van der Waals surface area contributed by atoms with Crippen molar-refractivity contribution in [2.75, 3.05) is 13.7 Å². The molecule has 2 aliphatic rings.